The van der Waals surface area contributed by atoms with Crippen molar-refractivity contribution in [2.75, 3.05) is 12.4 Å². The Labute approximate surface area is 169 Å². The first-order valence-corrected chi connectivity index (χ1v) is 9.64. The van der Waals surface area contributed by atoms with Crippen molar-refractivity contribution < 1.29 is 4.74 Å². The topological polar surface area (TPSA) is 64.3 Å². The zero-order valence-electron chi connectivity index (χ0n) is 16.5. The first-order valence-electron chi connectivity index (χ1n) is 9.64. The lowest BCUT2D eigenvalue weighted by atomic mass is 10.1. The van der Waals surface area contributed by atoms with Gasteiger partial charge in [0.05, 0.1) is 24.7 Å². The number of imidazole rings is 1. The van der Waals surface area contributed by atoms with E-state index in [-0.39, 0.29) is 0 Å². The van der Waals surface area contributed by atoms with Gasteiger partial charge in [0.25, 0.3) is 0 Å². The third kappa shape index (κ3) is 4.27. The molecule has 6 heteroatoms. The van der Waals surface area contributed by atoms with Crippen LogP contribution in [0.2, 0.25) is 0 Å². The van der Waals surface area contributed by atoms with Crippen molar-refractivity contribution in [2.24, 2.45) is 0 Å². The molecule has 29 heavy (non-hydrogen) atoms. The Morgan fingerprint density at radius 3 is 2.69 bits per heavy atom. The minimum atomic E-state index is 0.566. The van der Waals surface area contributed by atoms with E-state index in [2.05, 4.69) is 58.6 Å². The fourth-order valence-corrected chi connectivity index (χ4v) is 3.02. The van der Waals surface area contributed by atoms with Crippen LogP contribution in [0, 0.1) is 0 Å². The lowest BCUT2D eigenvalue weighted by molar-refractivity contribution is 0.398. The van der Waals surface area contributed by atoms with Gasteiger partial charge in [0.2, 0.25) is 5.88 Å². The normalized spacial score (nSPS) is 11.2. The van der Waals surface area contributed by atoms with Gasteiger partial charge in [0, 0.05) is 30.2 Å². The maximum atomic E-state index is 5.12. The molecule has 3 aromatic heterocycles. The number of unbranched alkanes of at least 4 members (excludes halogenated alkanes) is 1. The molecule has 4 aromatic rings. The molecule has 3 heterocycles. The number of benzene rings is 1. The second kappa shape index (κ2) is 8.56. The summed E-state index contributed by atoms with van der Waals surface area (Å²) in [6.45, 7) is 2.18. The van der Waals surface area contributed by atoms with E-state index in [1.165, 1.54) is 5.56 Å². The molecule has 0 aliphatic carbocycles. The summed E-state index contributed by atoms with van der Waals surface area (Å²) < 4.78 is 7.09. The van der Waals surface area contributed by atoms with E-state index in [1.807, 2.05) is 22.9 Å². The fourth-order valence-electron chi connectivity index (χ4n) is 3.02. The van der Waals surface area contributed by atoms with Crippen molar-refractivity contribution in [3.63, 3.8) is 0 Å². The molecule has 6 nitrogen and oxygen atoms in total. The second-order valence-corrected chi connectivity index (χ2v) is 6.66. The van der Waals surface area contributed by atoms with Crippen molar-refractivity contribution >= 4 is 23.2 Å². The van der Waals surface area contributed by atoms with Crippen LogP contribution < -0.4 is 10.1 Å². The van der Waals surface area contributed by atoms with Crippen LogP contribution in [0.5, 0.6) is 5.88 Å². The molecule has 0 saturated heterocycles. The zero-order valence-corrected chi connectivity index (χ0v) is 16.5. The number of fused-ring (bicyclic) bond motifs is 1. The van der Waals surface area contributed by atoms with E-state index in [4.69, 9.17) is 9.72 Å². The van der Waals surface area contributed by atoms with Gasteiger partial charge < -0.3 is 14.5 Å². The number of nitrogens with zero attached hydrogens (tertiary/aromatic N) is 4. The maximum Gasteiger partial charge on any atom is 0.213 e. The largest absolute Gasteiger partial charge is 0.481 e. The van der Waals surface area contributed by atoms with E-state index in [0.29, 0.717) is 11.7 Å². The van der Waals surface area contributed by atoms with Crippen LogP contribution in [-0.4, -0.2) is 26.5 Å². The smallest absolute Gasteiger partial charge is 0.213 e. The summed E-state index contributed by atoms with van der Waals surface area (Å²) in [6.07, 6.45) is 14.0. The zero-order chi connectivity index (χ0) is 20.1. The van der Waals surface area contributed by atoms with Crippen LogP contribution in [-0.2, 0) is 0 Å². The van der Waals surface area contributed by atoms with E-state index >= 15 is 0 Å². The minimum absolute atomic E-state index is 0.566. The SMILES string of the molecule is CCCC=Cc1ccc(-c2cn3ccnc3c(Nc3ccc(OC)nc3)n2)cc1. The molecule has 4 rings (SSSR count). The highest BCUT2D eigenvalue weighted by molar-refractivity contribution is 5.73. The number of allylic oxidation sites excluding steroid dienone is 1. The average Bonchev–Trinajstić information content (AvgIpc) is 3.24. The van der Waals surface area contributed by atoms with Crippen LogP contribution in [0.15, 0.2) is 67.3 Å². The molecule has 1 N–H and O–H groups in total. The van der Waals surface area contributed by atoms with Gasteiger partial charge in [-0.3, -0.25) is 0 Å². The van der Waals surface area contributed by atoms with Gasteiger partial charge >= 0.3 is 0 Å². The Kier molecular flexibility index (Phi) is 5.52. The Hall–Kier alpha value is -3.67. The summed E-state index contributed by atoms with van der Waals surface area (Å²) in [6, 6.07) is 12.1. The summed E-state index contributed by atoms with van der Waals surface area (Å²) in [4.78, 5) is 13.5. The molecule has 146 valence electrons. The molecule has 0 saturated carbocycles. The number of methoxy groups -OCH3 is 1. The van der Waals surface area contributed by atoms with E-state index in [0.717, 1.165) is 35.4 Å². The number of anilines is 2. The van der Waals surface area contributed by atoms with Crippen LogP contribution in [0.3, 0.4) is 0 Å². The summed E-state index contributed by atoms with van der Waals surface area (Å²) in [5.74, 6) is 1.24. The predicted molar refractivity (Wildman–Crippen MR) is 116 cm³/mol. The number of ether oxygens (including phenoxy) is 1. The van der Waals surface area contributed by atoms with Crippen LogP contribution in [0.25, 0.3) is 23.0 Å². The number of aromatic nitrogens is 4. The van der Waals surface area contributed by atoms with Gasteiger partial charge in [-0.1, -0.05) is 49.8 Å². The van der Waals surface area contributed by atoms with Crippen molar-refractivity contribution in [3.8, 4) is 17.1 Å². The number of hydrogen-bond donors (Lipinski definition) is 1. The molecule has 0 aliphatic rings. The Balaban J connectivity index is 1.65. The third-order valence-electron chi connectivity index (χ3n) is 4.55. The molecule has 1 aromatic carbocycles. The van der Waals surface area contributed by atoms with Crippen molar-refractivity contribution in [3.05, 3.63) is 72.8 Å². The van der Waals surface area contributed by atoms with Crippen LogP contribution in [0.4, 0.5) is 11.5 Å². The van der Waals surface area contributed by atoms with Gasteiger partial charge in [-0.15, -0.1) is 0 Å². The molecule has 0 amide bonds. The van der Waals surface area contributed by atoms with Crippen molar-refractivity contribution in [1.29, 1.82) is 0 Å². The molecule has 0 atom stereocenters. The Bertz CT molecular complexity index is 1110. The van der Waals surface area contributed by atoms with Crippen molar-refractivity contribution in [1.82, 2.24) is 19.4 Å². The summed E-state index contributed by atoms with van der Waals surface area (Å²) in [5, 5.41) is 3.32. The summed E-state index contributed by atoms with van der Waals surface area (Å²) >= 11 is 0. The number of pyridine rings is 1. The average molecular weight is 385 g/mol. The first kappa shape index (κ1) is 18.7. The Morgan fingerprint density at radius 1 is 1.10 bits per heavy atom. The van der Waals surface area contributed by atoms with Crippen LogP contribution >= 0.6 is 0 Å². The first-order chi connectivity index (χ1) is 14.3. The lowest BCUT2D eigenvalue weighted by Gasteiger charge is -2.10. The maximum absolute atomic E-state index is 5.12. The van der Waals surface area contributed by atoms with E-state index in [9.17, 15) is 0 Å². The predicted octanol–water partition coefficient (Wildman–Crippen LogP) is 5.36. The van der Waals surface area contributed by atoms with Gasteiger partial charge in [-0.2, -0.15) is 0 Å². The fraction of sp³-hybridized carbons (Fsp3) is 0.174. The quantitative estimate of drug-likeness (QED) is 0.464. The summed E-state index contributed by atoms with van der Waals surface area (Å²) in [5.41, 5.74) is 4.67. The number of nitrogens with one attached hydrogen (secondary N) is 1. The Morgan fingerprint density at radius 2 is 1.97 bits per heavy atom. The molecule has 0 unspecified atom stereocenters. The minimum Gasteiger partial charge on any atom is -0.481 e. The molecule has 0 aliphatic heterocycles. The monoisotopic (exact) mass is 385 g/mol. The highest BCUT2D eigenvalue weighted by Crippen LogP contribution is 2.25. The molecule has 0 fully saturated rings. The molecular weight excluding hydrogens is 362 g/mol. The molecule has 0 radical (unpaired) electrons. The standard InChI is InChI=1S/C23H23N5O/c1-3-4-5-6-17-7-9-18(10-8-17)20-16-28-14-13-24-23(28)22(27-20)26-19-11-12-21(29-2)25-15-19/h5-16H,3-4H2,1-2H3,(H,26,27). The molecule has 0 bridgehead atoms. The van der Waals surface area contributed by atoms with Gasteiger partial charge in [0.15, 0.2) is 11.5 Å². The highest BCUT2D eigenvalue weighted by Gasteiger charge is 2.10. The molecule has 0 spiro atoms. The number of rotatable bonds is 7. The van der Waals surface area contributed by atoms with E-state index in [1.54, 1.807) is 25.6 Å². The molecular formula is C23H23N5O. The van der Waals surface area contributed by atoms with Crippen molar-refractivity contribution in [2.45, 2.75) is 19.8 Å². The number of hydrogen-bond acceptors (Lipinski definition) is 5. The van der Waals surface area contributed by atoms with E-state index < -0.39 is 0 Å². The third-order valence-corrected chi connectivity index (χ3v) is 4.55. The van der Waals surface area contributed by atoms with Crippen LogP contribution in [0.1, 0.15) is 25.3 Å². The summed E-state index contributed by atoms with van der Waals surface area (Å²) in [7, 11) is 1.60. The lowest BCUT2D eigenvalue weighted by Crippen LogP contribution is -2.01. The van der Waals surface area contributed by atoms with Gasteiger partial charge in [-0.25, -0.2) is 15.0 Å². The highest BCUT2D eigenvalue weighted by atomic mass is 16.5. The van der Waals surface area contributed by atoms with Gasteiger partial charge in [-0.05, 0) is 18.1 Å². The van der Waals surface area contributed by atoms with Gasteiger partial charge in [0.1, 0.15) is 0 Å². The second-order valence-electron chi connectivity index (χ2n) is 6.66.